The van der Waals surface area contributed by atoms with Gasteiger partial charge in [-0.1, -0.05) is 67.4 Å². The van der Waals surface area contributed by atoms with Gasteiger partial charge in [0.25, 0.3) is 5.56 Å². The zero-order valence-electron chi connectivity index (χ0n) is 21.3. The zero-order valence-corrected chi connectivity index (χ0v) is 22.8. The summed E-state index contributed by atoms with van der Waals surface area (Å²) in [7, 11) is 3.93. The molecule has 0 aliphatic carbocycles. The maximum absolute atomic E-state index is 13.1. The third-order valence-electron chi connectivity index (χ3n) is 5.99. The van der Waals surface area contributed by atoms with E-state index < -0.39 is 0 Å². The number of aromatic nitrogens is 4. The lowest BCUT2D eigenvalue weighted by molar-refractivity contribution is -0.120. The number of para-hydroxylation sites is 1. The van der Waals surface area contributed by atoms with Gasteiger partial charge in [-0.05, 0) is 43.3 Å². The van der Waals surface area contributed by atoms with Crippen LogP contribution in [0.1, 0.15) is 42.4 Å². The number of aromatic amines is 1. The minimum absolute atomic E-state index is 0.0180. The van der Waals surface area contributed by atoms with Gasteiger partial charge in [0.05, 0.1) is 22.2 Å². The summed E-state index contributed by atoms with van der Waals surface area (Å²) in [6.45, 7) is 5.38. The Bertz CT molecular complexity index is 1410. The van der Waals surface area contributed by atoms with Gasteiger partial charge in [0.15, 0.2) is 5.82 Å². The van der Waals surface area contributed by atoms with Crippen LogP contribution in [0.4, 0.5) is 0 Å². The second kappa shape index (κ2) is 11.5. The molecular formula is C27H30Cl2N6O2. The molecule has 0 saturated carbocycles. The van der Waals surface area contributed by atoms with E-state index in [0.29, 0.717) is 52.3 Å². The third kappa shape index (κ3) is 6.21. The van der Waals surface area contributed by atoms with Crippen molar-refractivity contribution in [3.05, 3.63) is 85.5 Å². The van der Waals surface area contributed by atoms with Crippen LogP contribution in [-0.4, -0.2) is 57.7 Å². The Labute approximate surface area is 226 Å². The van der Waals surface area contributed by atoms with Gasteiger partial charge in [0.1, 0.15) is 17.1 Å². The second-order valence-electron chi connectivity index (χ2n) is 9.55. The number of rotatable bonds is 9. The topological polar surface area (TPSA) is 95.9 Å². The summed E-state index contributed by atoms with van der Waals surface area (Å²) in [4.78, 5) is 36.3. The number of fused-ring (bicyclic) bond motifs is 1. The summed E-state index contributed by atoms with van der Waals surface area (Å²) < 4.78 is 1.67. The smallest absolute Gasteiger partial charge is 0.284 e. The van der Waals surface area contributed by atoms with Crippen molar-refractivity contribution in [2.24, 2.45) is 0 Å². The predicted octanol–water partition coefficient (Wildman–Crippen LogP) is 4.30. The van der Waals surface area contributed by atoms with Gasteiger partial charge in [0, 0.05) is 19.5 Å². The second-order valence-corrected chi connectivity index (χ2v) is 10.4. The molecule has 194 valence electrons. The summed E-state index contributed by atoms with van der Waals surface area (Å²) in [5, 5.41) is 7.06. The van der Waals surface area contributed by atoms with Gasteiger partial charge in [-0.25, -0.2) is 9.67 Å². The Morgan fingerprint density at radius 3 is 2.32 bits per heavy atom. The maximum Gasteiger partial charge on any atom is 0.284 e. The third-order valence-corrected chi connectivity index (χ3v) is 6.60. The van der Waals surface area contributed by atoms with Gasteiger partial charge in [0.2, 0.25) is 5.91 Å². The molecule has 10 heteroatoms. The molecule has 2 aromatic carbocycles. The van der Waals surface area contributed by atoms with Crippen LogP contribution in [0, 0.1) is 0 Å². The van der Waals surface area contributed by atoms with E-state index in [4.69, 9.17) is 28.2 Å². The summed E-state index contributed by atoms with van der Waals surface area (Å²) in [5.74, 6) is 0.827. The number of halogens is 2. The number of hydrogen-bond acceptors (Lipinski definition) is 5. The fraction of sp³-hybridized carbons (Fsp3) is 0.333. The zero-order chi connectivity index (χ0) is 26.7. The normalized spacial score (nSPS) is 11.6. The standard InChI is InChI=1S/C27H30Cl2N6O2/c1-16(2)24-23-26(35(33-24)25-19(28)6-5-7-20(25)29)31-21(32-27(23)37)14-17-8-10-18(11-9-17)15-22(36)30-12-13-34(3)4/h5-11,16,33H,12-15H2,1-4H3,(H,30,36). The highest BCUT2D eigenvalue weighted by atomic mass is 35.5. The van der Waals surface area contributed by atoms with Crippen molar-refractivity contribution in [2.75, 3.05) is 27.2 Å². The van der Waals surface area contributed by atoms with Crippen LogP contribution >= 0.6 is 23.2 Å². The molecule has 0 bridgehead atoms. The summed E-state index contributed by atoms with van der Waals surface area (Å²) in [6.07, 6.45) is 0.666. The first kappa shape index (κ1) is 26.9. The Morgan fingerprint density at radius 2 is 1.70 bits per heavy atom. The van der Waals surface area contributed by atoms with Crippen molar-refractivity contribution in [1.29, 1.82) is 0 Å². The number of hydrogen-bond donors (Lipinski definition) is 2. The van der Waals surface area contributed by atoms with E-state index in [-0.39, 0.29) is 17.4 Å². The van der Waals surface area contributed by atoms with Crippen molar-refractivity contribution in [3.63, 3.8) is 0 Å². The SMILES string of the molecule is CC(C)c1[nH]n(-c2c(Cl)cccc2Cl)c2nc(Cc3ccc(CC(=O)NCCN(C)C)cc3)nc(=O)c1-2. The van der Waals surface area contributed by atoms with E-state index >= 15 is 0 Å². The molecule has 0 radical (unpaired) electrons. The number of nitrogens with one attached hydrogen (secondary N) is 2. The highest BCUT2D eigenvalue weighted by Crippen LogP contribution is 2.34. The molecule has 2 N–H and O–H groups in total. The number of likely N-dealkylation sites (N-methyl/N-ethyl adjacent to an activating group) is 1. The van der Waals surface area contributed by atoms with E-state index in [1.165, 1.54) is 0 Å². The van der Waals surface area contributed by atoms with E-state index in [1.54, 1.807) is 22.9 Å². The minimum atomic E-state index is -0.354. The average Bonchev–Trinajstić information content (AvgIpc) is 3.20. The Hall–Kier alpha value is -3.20. The van der Waals surface area contributed by atoms with Gasteiger partial charge in [-0.3, -0.25) is 14.7 Å². The first-order valence-electron chi connectivity index (χ1n) is 12.1. The maximum atomic E-state index is 13.1. The van der Waals surface area contributed by atoms with Crippen molar-refractivity contribution in [3.8, 4) is 17.1 Å². The van der Waals surface area contributed by atoms with Crippen LogP contribution in [0.5, 0.6) is 0 Å². The molecule has 37 heavy (non-hydrogen) atoms. The molecule has 1 amide bonds. The lowest BCUT2D eigenvalue weighted by Crippen LogP contribution is -2.32. The minimum Gasteiger partial charge on any atom is -0.355 e. The lowest BCUT2D eigenvalue weighted by atomic mass is 10.0. The molecule has 2 heterocycles. The van der Waals surface area contributed by atoms with Crippen LogP contribution in [-0.2, 0) is 17.6 Å². The Balaban J connectivity index is 1.61. The molecule has 0 aromatic heterocycles. The van der Waals surface area contributed by atoms with E-state index in [9.17, 15) is 9.59 Å². The van der Waals surface area contributed by atoms with Crippen LogP contribution in [0.15, 0.2) is 47.3 Å². The monoisotopic (exact) mass is 540 g/mol. The largest absolute Gasteiger partial charge is 0.355 e. The number of H-pyrrole nitrogens is 1. The van der Waals surface area contributed by atoms with Crippen molar-refractivity contribution >= 4 is 29.1 Å². The highest BCUT2D eigenvalue weighted by Gasteiger charge is 2.26. The fourth-order valence-corrected chi connectivity index (χ4v) is 4.65. The van der Waals surface area contributed by atoms with Gasteiger partial charge < -0.3 is 10.2 Å². The van der Waals surface area contributed by atoms with E-state index in [0.717, 1.165) is 23.4 Å². The number of amides is 1. The fourth-order valence-electron chi connectivity index (χ4n) is 4.08. The highest BCUT2D eigenvalue weighted by molar-refractivity contribution is 6.37. The molecule has 8 nitrogen and oxygen atoms in total. The Morgan fingerprint density at radius 1 is 1.05 bits per heavy atom. The molecular weight excluding hydrogens is 511 g/mol. The van der Waals surface area contributed by atoms with Crippen molar-refractivity contribution < 1.29 is 4.79 Å². The van der Waals surface area contributed by atoms with E-state index in [2.05, 4.69) is 15.4 Å². The van der Waals surface area contributed by atoms with Gasteiger partial charge in [-0.15, -0.1) is 0 Å². The first-order chi connectivity index (χ1) is 17.6. The molecule has 0 spiro atoms. The molecule has 2 aliphatic rings. The Kier molecular flexibility index (Phi) is 8.32. The van der Waals surface area contributed by atoms with Crippen LogP contribution < -0.4 is 10.9 Å². The predicted molar refractivity (Wildman–Crippen MR) is 147 cm³/mol. The number of carbonyl (C=O) groups excluding carboxylic acids is 1. The van der Waals surface area contributed by atoms with Crippen LogP contribution in [0.2, 0.25) is 10.0 Å². The summed E-state index contributed by atoms with van der Waals surface area (Å²) in [5.41, 5.74) is 3.15. The number of nitrogens with zero attached hydrogens (tertiary/aromatic N) is 4. The number of benzene rings is 2. The molecule has 4 rings (SSSR count). The van der Waals surface area contributed by atoms with Crippen molar-refractivity contribution in [2.45, 2.75) is 32.6 Å². The van der Waals surface area contributed by atoms with Crippen LogP contribution in [0.25, 0.3) is 17.1 Å². The average molecular weight is 541 g/mol. The molecule has 0 unspecified atom stereocenters. The summed E-state index contributed by atoms with van der Waals surface area (Å²) >= 11 is 13.0. The van der Waals surface area contributed by atoms with Gasteiger partial charge >= 0.3 is 0 Å². The summed E-state index contributed by atoms with van der Waals surface area (Å²) in [6, 6.07) is 12.9. The quantitative estimate of drug-likeness (QED) is 0.330. The molecule has 2 aliphatic heterocycles. The van der Waals surface area contributed by atoms with Crippen molar-refractivity contribution in [1.82, 2.24) is 30.0 Å². The molecule has 2 aromatic rings. The van der Waals surface area contributed by atoms with Crippen LogP contribution in [0.3, 0.4) is 0 Å². The lowest BCUT2D eigenvalue weighted by Gasteiger charge is -2.11. The molecule has 0 atom stereocenters. The van der Waals surface area contributed by atoms with E-state index in [1.807, 2.05) is 57.1 Å². The van der Waals surface area contributed by atoms with Gasteiger partial charge in [-0.2, -0.15) is 4.98 Å². The first-order valence-corrected chi connectivity index (χ1v) is 12.8. The number of carbonyl (C=O) groups is 1. The molecule has 0 saturated heterocycles. The molecule has 0 fully saturated rings.